The number of carbonyl (C=O) groups excluding carboxylic acids is 1. The number of aryl methyl sites for hydroxylation is 1. The van der Waals surface area contributed by atoms with Gasteiger partial charge in [0.25, 0.3) is 5.91 Å². The number of thiazole rings is 1. The van der Waals surface area contributed by atoms with Crippen LogP contribution in [0.25, 0.3) is 11.4 Å². The summed E-state index contributed by atoms with van der Waals surface area (Å²) in [5, 5.41) is 4.19. The van der Waals surface area contributed by atoms with Crippen LogP contribution >= 0.6 is 11.3 Å². The van der Waals surface area contributed by atoms with Crippen molar-refractivity contribution in [1.82, 2.24) is 24.8 Å². The monoisotopic (exact) mass is 474 g/mol. The molecule has 1 unspecified atom stereocenters. The molecule has 5 rings (SSSR count). The first-order valence-corrected chi connectivity index (χ1v) is 11.5. The van der Waals surface area contributed by atoms with Crippen LogP contribution in [-0.2, 0) is 6.18 Å². The number of carbonyl (C=O) groups is 1. The molecule has 0 spiro atoms. The lowest BCUT2D eigenvalue weighted by Crippen LogP contribution is -2.48. The van der Waals surface area contributed by atoms with Crippen LogP contribution in [0.4, 0.5) is 18.3 Å². The van der Waals surface area contributed by atoms with E-state index >= 15 is 0 Å². The zero-order valence-corrected chi connectivity index (χ0v) is 18.5. The van der Waals surface area contributed by atoms with Gasteiger partial charge < -0.3 is 10.2 Å². The summed E-state index contributed by atoms with van der Waals surface area (Å²) in [4.78, 5) is 32.2. The number of hydrogen-bond donors (Lipinski definition) is 1. The number of likely N-dealkylation sites (tertiary alicyclic amines) is 1. The van der Waals surface area contributed by atoms with E-state index in [-0.39, 0.29) is 17.1 Å². The van der Waals surface area contributed by atoms with E-state index in [0.29, 0.717) is 47.7 Å². The molecule has 0 bridgehead atoms. The van der Waals surface area contributed by atoms with Crippen molar-refractivity contribution in [3.05, 3.63) is 53.1 Å². The van der Waals surface area contributed by atoms with Gasteiger partial charge in [-0.2, -0.15) is 13.2 Å². The second-order valence-electron chi connectivity index (χ2n) is 8.44. The molecule has 1 N–H and O–H groups in total. The average molecular weight is 475 g/mol. The summed E-state index contributed by atoms with van der Waals surface area (Å²) in [6.07, 6.45) is 0.608. The highest BCUT2D eigenvalue weighted by Gasteiger charge is 2.47. The Morgan fingerprint density at radius 3 is 2.70 bits per heavy atom. The molecule has 3 atom stereocenters. The summed E-state index contributed by atoms with van der Waals surface area (Å²) in [6, 6.07) is 5.15. The molecule has 3 aromatic rings. The predicted octanol–water partition coefficient (Wildman–Crippen LogP) is 4.29. The lowest BCUT2D eigenvalue weighted by molar-refractivity contribution is -0.140. The van der Waals surface area contributed by atoms with E-state index in [0.717, 1.165) is 29.6 Å². The highest BCUT2D eigenvalue weighted by Crippen LogP contribution is 2.47. The van der Waals surface area contributed by atoms with Crippen LogP contribution < -0.4 is 5.32 Å². The van der Waals surface area contributed by atoms with Crippen molar-refractivity contribution < 1.29 is 18.0 Å². The molecular weight excluding hydrogens is 453 g/mol. The number of rotatable bonds is 5. The van der Waals surface area contributed by atoms with Crippen molar-refractivity contribution in [1.29, 1.82) is 0 Å². The Bertz CT molecular complexity index is 1170. The minimum absolute atomic E-state index is 0.175. The van der Waals surface area contributed by atoms with Gasteiger partial charge in [0.05, 0.1) is 5.56 Å². The number of anilines is 1. The van der Waals surface area contributed by atoms with Crippen LogP contribution in [0.2, 0.25) is 0 Å². The molecule has 0 aromatic carbocycles. The summed E-state index contributed by atoms with van der Waals surface area (Å²) in [7, 11) is 0. The molecule has 1 saturated heterocycles. The van der Waals surface area contributed by atoms with Crippen molar-refractivity contribution in [2.45, 2.75) is 32.0 Å². The number of halogens is 3. The van der Waals surface area contributed by atoms with E-state index in [2.05, 4.69) is 25.3 Å². The fourth-order valence-electron chi connectivity index (χ4n) is 4.31. The topological polar surface area (TPSA) is 83.9 Å². The maximum Gasteiger partial charge on any atom is 0.434 e. The number of amides is 1. The first kappa shape index (κ1) is 21.7. The SMILES string of the molecule is Cc1ccc(-c2ncccn2)c(C(=O)N2C[C@@H]3C[C@@H]3CC2CNc2nc(C(F)(F)F)cs2)n1. The summed E-state index contributed by atoms with van der Waals surface area (Å²) in [5.41, 5.74) is 0.645. The summed E-state index contributed by atoms with van der Waals surface area (Å²) >= 11 is 0.909. The lowest BCUT2D eigenvalue weighted by Gasteiger charge is -2.35. The van der Waals surface area contributed by atoms with Crippen LogP contribution in [0.15, 0.2) is 36.0 Å². The first-order valence-electron chi connectivity index (χ1n) is 10.6. The standard InChI is InChI=1S/C22H21F3N6OS/c1-12-3-4-16(19-26-5-2-6-27-19)18(29-12)20(32)31-10-14-7-13(14)8-15(31)9-28-21-30-17(11-33-21)22(23,24)25/h2-6,11,13-15H,7-10H2,1H3,(H,28,30)/t13-,14+,15?/m1/s1. The number of fused-ring (bicyclic) bond motifs is 1. The van der Waals surface area contributed by atoms with Crippen LogP contribution in [0, 0.1) is 18.8 Å². The van der Waals surface area contributed by atoms with Crippen LogP contribution in [-0.4, -0.2) is 49.9 Å². The van der Waals surface area contributed by atoms with Crippen molar-refractivity contribution >= 4 is 22.4 Å². The largest absolute Gasteiger partial charge is 0.434 e. The van der Waals surface area contributed by atoms with Gasteiger partial charge >= 0.3 is 6.18 Å². The van der Waals surface area contributed by atoms with E-state index in [1.54, 1.807) is 29.4 Å². The Balaban J connectivity index is 1.39. The fourth-order valence-corrected chi connectivity index (χ4v) is 5.04. The van der Waals surface area contributed by atoms with Gasteiger partial charge in [-0.1, -0.05) is 0 Å². The third-order valence-electron chi connectivity index (χ3n) is 6.10. The van der Waals surface area contributed by atoms with Gasteiger partial charge in [0.1, 0.15) is 5.69 Å². The van der Waals surface area contributed by atoms with Gasteiger partial charge in [0.15, 0.2) is 16.6 Å². The summed E-state index contributed by atoms with van der Waals surface area (Å²) in [5.74, 6) is 1.22. The van der Waals surface area contributed by atoms with E-state index in [9.17, 15) is 18.0 Å². The molecule has 11 heteroatoms. The molecule has 1 aliphatic heterocycles. The highest BCUT2D eigenvalue weighted by atomic mass is 32.1. The predicted molar refractivity (Wildman–Crippen MR) is 117 cm³/mol. The van der Waals surface area contributed by atoms with Gasteiger partial charge in [0.2, 0.25) is 0 Å². The third-order valence-corrected chi connectivity index (χ3v) is 6.90. The lowest BCUT2D eigenvalue weighted by atomic mass is 10.0. The van der Waals surface area contributed by atoms with E-state index in [1.807, 2.05) is 13.0 Å². The van der Waals surface area contributed by atoms with Crippen molar-refractivity contribution in [3.8, 4) is 11.4 Å². The van der Waals surface area contributed by atoms with Crippen LogP contribution in [0.3, 0.4) is 0 Å². The maximum atomic E-state index is 13.7. The number of pyridine rings is 1. The van der Waals surface area contributed by atoms with Gasteiger partial charge in [-0.3, -0.25) is 4.79 Å². The van der Waals surface area contributed by atoms with Gasteiger partial charge in [0, 0.05) is 42.6 Å². The molecule has 172 valence electrons. The number of alkyl halides is 3. The Labute approximate surface area is 192 Å². The number of nitrogens with one attached hydrogen (secondary N) is 1. The van der Waals surface area contributed by atoms with Crippen molar-refractivity contribution in [2.75, 3.05) is 18.4 Å². The summed E-state index contributed by atoms with van der Waals surface area (Å²) < 4.78 is 38.6. The van der Waals surface area contributed by atoms with Gasteiger partial charge in [-0.15, -0.1) is 11.3 Å². The molecular formula is C22H21F3N6OS. The molecule has 1 amide bonds. The van der Waals surface area contributed by atoms with Crippen molar-refractivity contribution in [2.24, 2.45) is 11.8 Å². The smallest absolute Gasteiger partial charge is 0.359 e. The molecule has 2 aliphatic rings. The second-order valence-corrected chi connectivity index (χ2v) is 9.30. The normalized spacial score (nSPS) is 22.1. The Morgan fingerprint density at radius 2 is 1.97 bits per heavy atom. The maximum absolute atomic E-state index is 13.7. The van der Waals surface area contributed by atoms with Crippen molar-refractivity contribution in [3.63, 3.8) is 0 Å². The Kier molecular flexibility index (Phi) is 5.51. The fraction of sp³-hybridized carbons (Fsp3) is 0.409. The molecule has 3 aromatic heterocycles. The zero-order chi connectivity index (χ0) is 23.2. The zero-order valence-electron chi connectivity index (χ0n) is 17.7. The van der Waals surface area contributed by atoms with E-state index in [1.165, 1.54) is 0 Å². The molecule has 1 saturated carbocycles. The number of piperidine rings is 1. The molecule has 0 radical (unpaired) electrons. The van der Waals surface area contributed by atoms with Gasteiger partial charge in [-0.25, -0.2) is 19.9 Å². The highest BCUT2D eigenvalue weighted by molar-refractivity contribution is 7.13. The Hall–Kier alpha value is -3.08. The van der Waals surface area contributed by atoms with E-state index in [4.69, 9.17) is 0 Å². The molecule has 1 aliphatic carbocycles. The minimum Gasteiger partial charge on any atom is -0.359 e. The molecule has 33 heavy (non-hydrogen) atoms. The minimum atomic E-state index is -4.47. The van der Waals surface area contributed by atoms with Crippen LogP contribution in [0.1, 0.15) is 34.7 Å². The molecule has 2 fully saturated rings. The molecule has 7 nitrogen and oxygen atoms in total. The Morgan fingerprint density at radius 1 is 1.18 bits per heavy atom. The molecule has 4 heterocycles. The average Bonchev–Trinajstić information content (AvgIpc) is 3.38. The number of aromatic nitrogens is 4. The van der Waals surface area contributed by atoms with Crippen LogP contribution in [0.5, 0.6) is 0 Å². The van der Waals surface area contributed by atoms with E-state index < -0.39 is 11.9 Å². The quantitative estimate of drug-likeness (QED) is 0.594. The number of nitrogens with zero attached hydrogens (tertiary/aromatic N) is 5. The second kappa shape index (κ2) is 8.36. The number of hydrogen-bond acceptors (Lipinski definition) is 7. The summed E-state index contributed by atoms with van der Waals surface area (Å²) in [6.45, 7) is 2.74. The third kappa shape index (κ3) is 4.54. The first-order chi connectivity index (χ1) is 15.8. The van der Waals surface area contributed by atoms with Gasteiger partial charge in [-0.05, 0) is 49.8 Å².